The molecule has 2 bridgehead atoms. The molecule has 0 spiro atoms. The van der Waals surface area contributed by atoms with E-state index in [1.54, 1.807) is 19.1 Å². The summed E-state index contributed by atoms with van der Waals surface area (Å²) in [6.45, 7) is 12.0. The molecule has 20 heteroatoms. The Balaban J connectivity index is 0.703. The van der Waals surface area contributed by atoms with Crippen molar-refractivity contribution in [2.24, 2.45) is 28.6 Å². The number of rotatable bonds is 18. The number of nitrogens with zero attached hydrogens (tertiary/aromatic N) is 2. The smallest absolute Gasteiger partial charge is 0.310 e. The van der Waals surface area contributed by atoms with Crippen LogP contribution >= 0.6 is 11.6 Å². The molecule has 2 saturated carbocycles. The highest BCUT2D eigenvalue weighted by atomic mass is 35.5. The van der Waals surface area contributed by atoms with Crippen molar-refractivity contribution in [2.75, 3.05) is 47.5 Å². The van der Waals surface area contributed by atoms with Crippen LogP contribution < -0.4 is 39.6 Å². The normalized spacial score (nSPS) is 29.1. The Morgan fingerprint density at radius 3 is 2.40 bits per heavy atom. The number of benzene rings is 4. The molecule has 4 N–H and O–H groups in total. The molecule has 5 heterocycles. The maximum absolute atomic E-state index is 14.1. The minimum atomic E-state index is -1.04. The van der Waals surface area contributed by atoms with Gasteiger partial charge in [0, 0.05) is 41.4 Å². The van der Waals surface area contributed by atoms with Crippen molar-refractivity contribution in [2.45, 2.75) is 129 Å². The SMILES string of the molecule is COc1cc([C@@H]2c3cc4c(cc3[C@@H](OC3OC5COC(C)OC5CC3O)[C@H]3COC(=O)[C@H]23)OCO4)cc(OC)c1OCCC(=O)NCNCc1cc(-c2cc(C(=O)NC3C4(C)CCC(C4)C3(C)C)nn2Cc2ccc(C)cc2)ccc1Cl. The van der Waals surface area contributed by atoms with E-state index in [1.165, 1.54) is 20.6 Å². The van der Waals surface area contributed by atoms with Gasteiger partial charge >= 0.3 is 5.97 Å². The Kier molecular flexibility index (Phi) is 15.5. The van der Waals surface area contributed by atoms with Gasteiger partial charge in [0.15, 0.2) is 41.3 Å². The first-order valence-corrected chi connectivity index (χ1v) is 28.8. The van der Waals surface area contributed by atoms with Crippen LogP contribution in [0.25, 0.3) is 11.3 Å². The summed E-state index contributed by atoms with van der Waals surface area (Å²) in [6.07, 6.45) is -0.306. The lowest BCUT2D eigenvalue weighted by molar-refractivity contribution is -0.340. The van der Waals surface area contributed by atoms with Gasteiger partial charge < -0.3 is 63.1 Å². The lowest BCUT2D eigenvalue weighted by Crippen LogP contribution is -2.55. The first kappa shape index (κ1) is 56.1. The number of ether oxygens (including phenoxy) is 10. The molecule has 5 aromatic rings. The Hall–Kier alpha value is -6.45. The molecule has 19 nitrogen and oxygen atoms in total. The lowest BCUT2D eigenvalue weighted by Gasteiger charge is -2.45. The lowest BCUT2D eigenvalue weighted by atomic mass is 9.66. The van der Waals surface area contributed by atoms with Crippen molar-refractivity contribution in [3.63, 3.8) is 0 Å². The molecule has 12 atom stereocenters. The molecule has 5 fully saturated rings. The summed E-state index contributed by atoms with van der Waals surface area (Å²) >= 11 is 6.79. The van der Waals surface area contributed by atoms with Crippen LogP contribution in [0.4, 0.5) is 0 Å². The number of halogens is 1. The van der Waals surface area contributed by atoms with Gasteiger partial charge in [-0.3, -0.25) is 24.4 Å². The van der Waals surface area contributed by atoms with Crippen molar-refractivity contribution in [3.8, 4) is 40.0 Å². The zero-order valence-electron chi connectivity index (χ0n) is 47.3. The largest absolute Gasteiger partial charge is 0.493 e. The molecule has 8 unspecified atom stereocenters. The molecule has 4 aliphatic heterocycles. The monoisotopic (exact) mass is 1150 g/mol. The number of nitrogens with one attached hydrogen (secondary N) is 3. The number of aliphatic hydroxyl groups excluding tert-OH is 1. The topological polar surface area (TPSA) is 218 Å². The van der Waals surface area contributed by atoms with Gasteiger partial charge in [0.05, 0.1) is 77.5 Å². The third-order valence-corrected chi connectivity index (χ3v) is 18.6. The summed E-state index contributed by atoms with van der Waals surface area (Å²) < 4.78 is 62.1. The predicted molar refractivity (Wildman–Crippen MR) is 299 cm³/mol. The molecule has 12 rings (SSSR count). The van der Waals surface area contributed by atoms with Crippen molar-refractivity contribution in [3.05, 3.63) is 117 Å². The number of carbonyl (C=O) groups excluding carboxylic acids is 3. The fourth-order valence-corrected chi connectivity index (χ4v) is 14.2. The van der Waals surface area contributed by atoms with E-state index in [4.69, 9.17) is 64.1 Å². The highest BCUT2D eigenvalue weighted by molar-refractivity contribution is 6.31. The van der Waals surface area contributed by atoms with Crippen LogP contribution in [0.2, 0.25) is 5.02 Å². The summed E-state index contributed by atoms with van der Waals surface area (Å²) in [7, 11) is 3.02. The number of hydrogen-bond acceptors (Lipinski definition) is 16. The first-order chi connectivity index (χ1) is 39.5. The zero-order valence-corrected chi connectivity index (χ0v) is 48.0. The highest BCUT2D eigenvalue weighted by Crippen LogP contribution is 2.63. The molecule has 1 aromatic heterocycles. The Bertz CT molecular complexity index is 3210. The number of amides is 2. The van der Waals surface area contributed by atoms with Gasteiger partial charge in [-0.05, 0) is 120 Å². The number of hydrogen-bond donors (Lipinski definition) is 4. The van der Waals surface area contributed by atoms with E-state index in [9.17, 15) is 19.5 Å². The summed E-state index contributed by atoms with van der Waals surface area (Å²) in [4.78, 5) is 41.3. The zero-order chi connectivity index (χ0) is 57.2. The average Bonchev–Trinajstić information content (AvgIpc) is 3.37. The molecule has 3 saturated heterocycles. The summed E-state index contributed by atoms with van der Waals surface area (Å²) in [5.74, 6) is -0.120. The second-order valence-corrected chi connectivity index (χ2v) is 24.3. The predicted octanol–water partition coefficient (Wildman–Crippen LogP) is 8.11. The fraction of sp³-hybridized carbons (Fsp3) is 0.516. The molecule has 0 radical (unpaired) electrons. The molecule has 7 aliphatic rings. The average molecular weight is 1150 g/mol. The Labute approximate surface area is 481 Å². The van der Waals surface area contributed by atoms with E-state index in [2.05, 4.69) is 67.9 Å². The van der Waals surface area contributed by atoms with Gasteiger partial charge in [-0.1, -0.05) is 68.3 Å². The quantitative estimate of drug-likeness (QED) is 0.0370. The van der Waals surface area contributed by atoms with Crippen molar-refractivity contribution in [1.82, 2.24) is 25.7 Å². The summed E-state index contributed by atoms with van der Waals surface area (Å²) in [6, 6.07) is 23.3. The van der Waals surface area contributed by atoms with Gasteiger partial charge in [-0.25, -0.2) is 0 Å². The van der Waals surface area contributed by atoms with Gasteiger partial charge in [0.2, 0.25) is 18.4 Å². The number of cyclic esters (lactones) is 1. The van der Waals surface area contributed by atoms with E-state index >= 15 is 0 Å². The molecule has 3 aliphatic carbocycles. The number of aromatic nitrogens is 2. The minimum Gasteiger partial charge on any atom is -0.493 e. The van der Waals surface area contributed by atoms with E-state index in [0.717, 1.165) is 51.9 Å². The molecule has 2 amide bonds. The third kappa shape index (κ3) is 10.7. The van der Waals surface area contributed by atoms with Crippen molar-refractivity contribution in [1.29, 1.82) is 0 Å². The minimum absolute atomic E-state index is 0.00503. The number of carbonyl (C=O) groups is 3. The number of aryl methyl sites for hydroxylation is 1. The molecule has 436 valence electrons. The van der Waals surface area contributed by atoms with Crippen molar-refractivity contribution >= 4 is 29.4 Å². The summed E-state index contributed by atoms with van der Waals surface area (Å²) in [5, 5.41) is 26.4. The second kappa shape index (κ2) is 22.6. The van der Waals surface area contributed by atoms with Crippen LogP contribution in [0.5, 0.6) is 28.7 Å². The van der Waals surface area contributed by atoms with Crippen LogP contribution in [0.3, 0.4) is 0 Å². The first-order valence-electron chi connectivity index (χ1n) is 28.4. The van der Waals surface area contributed by atoms with Crippen LogP contribution in [0, 0.1) is 35.5 Å². The molecular weight excluding hydrogens is 1070 g/mol. The standard InChI is InChI=1S/C62H72ClN5O14/c1-32-8-10-34(11-9-32)27-68-44(23-43(67-68)57(71)66-60-61(3,4)38-14-16-62(60,5)25-38)35-12-13-42(63)37(18-35)26-64-30-65-52(70)15-17-75-56-49(73-6)19-36(20-50(56)74-7)53-39-21-46-47(79-31-78-46)22-40(39)55(41-28-77-58(72)54(41)53)82-59-45(69)24-48-51(81-59)29-76-33(2)80-48/h8-13,18-23,33,38,41,45,48,51,53-55,59-60,64,69H,14-17,24-31H2,1-7H3,(H,65,70)(H,66,71)/t33?,38?,41-,45?,48?,51?,53+,54-,55+,59?,60?,62?/m0/s1. The number of esters is 1. The van der Waals surface area contributed by atoms with Crippen LogP contribution in [0.1, 0.15) is 116 Å². The number of aliphatic hydroxyl groups is 1. The Morgan fingerprint density at radius 2 is 1.67 bits per heavy atom. The van der Waals surface area contributed by atoms with Crippen LogP contribution in [-0.2, 0) is 46.4 Å². The van der Waals surface area contributed by atoms with Crippen LogP contribution in [-0.4, -0.2) is 117 Å². The highest BCUT2D eigenvalue weighted by Gasteiger charge is 2.60. The van der Waals surface area contributed by atoms with E-state index < -0.39 is 54.6 Å². The van der Waals surface area contributed by atoms with E-state index in [0.29, 0.717) is 58.3 Å². The third-order valence-electron chi connectivity index (χ3n) is 18.3. The second-order valence-electron chi connectivity index (χ2n) is 23.9. The maximum Gasteiger partial charge on any atom is 0.310 e. The number of fused-ring (bicyclic) bond motifs is 6. The molecule has 82 heavy (non-hydrogen) atoms. The van der Waals surface area contributed by atoms with E-state index in [1.807, 2.05) is 41.1 Å². The summed E-state index contributed by atoms with van der Waals surface area (Å²) in [5.41, 5.74) is 7.19. The van der Waals surface area contributed by atoms with Gasteiger partial charge in [-0.15, -0.1) is 0 Å². The Morgan fingerprint density at radius 1 is 0.915 bits per heavy atom. The van der Waals surface area contributed by atoms with Crippen molar-refractivity contribution < 1.29 is 66.9 Å². The fourth-order valence-electron chi connectivity index (χ4n) is 14.0. The number of methoxy groups -OCH3 is 2. The maximum atomic E-state index is 14.1. The van der Waals surface area contributed by atoms with Gasteiger partial charge in [0.25, 0.3) is 5.91 Å². The molecular formula is C62H72ClN5O14. The molecule has 4 aromatic carbocycles. The van der Waals surface area contributed by atoms with E-state index in [-0.39, 0.29) is 86.7 Å². The van der Waals surface area contributed by atoms with Crippen LogP contribution in [0.15, 0.2) is 72.8 Å². The van der Waals surface area contributed by atoms with Gasteiger partial charge in [0.1, 0.15) is 12.2 Å². The van der Waals surface area contributed by atoms with Gasteiger partial charge in [-0.2, -0.15) is 5.10 Å².